The third-order valence-corrected chi connectivity index (χ3v) is 7.79. The molecule has 0 aliphatic heterocycles. The molecular formula is C25H32N2O6S. The van der Waals surface area contributed by atoms with Crippen LogP contribution in [0, 0.1) is 6.92 Å². The average Bonchev–Trinajstić information content (AvgIpc) is 2.83. The van der Waals surface area contributed by atoms with Gasteiger partial charge in [-0.25, -0.2) is 13.2 Å². The number of rotatable bonds is 9. The molecule has 0 saturated heterocycles. The zero-order valence-electron chi connectivity index (χ0n) is 19.9. The summed E-state index contributed by atoms with van der Waals surface area (Å²) in [6.07, 6.45) is 4.29. The molecule has 0 atom stereocenters. The molecule has 1 N–H and O–H groups in total. The van der Waals surface area contributed by atoms with Gasteiger partial charge in [-0.15, -0.1) is 0 Å². The predicted molar refractivity (Wildman–Crippen MR) is 130 cm³/mol. The normalized spacial score (nSPS) is 14.6. The minimum Gasteiger partial charge on any atom is -0.495 e. The van der Waals surface area contributed by atoms with E-state index in [2.05, 4.69) is 5.32 Å². The van der Waals surface area contributed by atoms with Crippen molar-refractivity contribution in [3.8, 4) is 5.75 Å². The van der Waals surface area contributed by atoms with Gasteiger partial charge in [0.15, 0.2) is 0 Å². The Labute approximate surface area is 201 Å². The van der Waals surface area contributed by atoms with Crippen molar-refractivity contribution in [2.75, 3.05) is 25.6 Å². The van der Waals surface area contributed by atoms with Crippen molar-refractivity contribution in [2.24, 2.45) is 0 Å². The highest BCUT2D eigenvalue weighted by atomic mass is 32.2. The molecule has 0 aromatic heterocycles. The molecule has 1 fully saturated rings. The Bertz CT molecular complexity index is 1110. The fourth-order valence-electron chi connectivity index (χ4n) is 4.14. The average molecular weight is 489 g/mol. The van der Waals surface area contributed by atoms with Crippen LogP contribution in [-0.4, -0.2) is 50.9 Å². The number of sulfonamides is 1. The van der Waals surface area contributed by atoms with Crippen molar-refractivity contribution in [1.82, 2.24) is 4.31 Å². The van der Waals surface area contributed by atoms with E-state index in [1.54, 1.807) is 49.4 Å². The van der Waals surface area contributed by atoms with E-state index in [9.17, 15) is 18.0 Å². The maximum absolute atomic E-state index is 13.7. The van der Waals surface area contributed by atoms with Crippen molar-refractivity contribution >= 4 is 27.6 Å². The number of hydrogen-bond acceptors (Lipinski definition) is 6. The topological polar surface area (TPSA) is 102 Å². The first-order chi connectivity index (χ1) is 16.3. The number of carbonyl (C=O) groups is 2. The predicted octanol–water partition coefficient (Wildman–Crippen LogP) is 4.14. The molecule has 0 spiro atoms. The van der Waals surface area contributed by atoms with Crippen LogP contribution in [0.15, 0.2) is 47.4 Å². The van der Waals surface area contributed by atoms with Gasteiger partial charge in [-0.05, 0) is 68.7 Å². The molecule has 1 saturated carbocycles. The first kappa shape index (κ1) is 25.7. The van der Waals surface area contributed by atoms with Crippen LogP contribution in [0.4, 0.5) is 5.69 Å². The van der Waals surface area contributed by atoms with Gasteiger partial charge in [0.05, 0.1) is 25.8 Å². The van der Waals surface area contributed by atoms with Gasteiger partial charge in [0.1, 0.15) is 10.6 Å². The molecule has 0 radical (unpaired) electrons. The molecular weight excluding hydrogens is 456 g/mol. The molecule has 2 aromatic rings. The number of aryl methyl sites for hydroxylation is 1. The molecule has 9 heteroatoms. The number of hydrogen-bond donors (Lipinski definition) is 1. The molecule has 34 heavy (non-hydrogen) atoms. The highest BCUT2D eigenvalue weighted by Gasteiger charge is 2.35. The van der Waals surface area contributed by atoms with Crippen LogP contribution in [0.2, 0.25) is 0 Å². The largest absolute Gasteiger partial charge is 0.495 e. The Morgan fingerprint density at radius 3 is 2.35 bits per heavy atom. The molecule has 1 aliphatic rings. The molecule has 8 nitrogen and oxygen atoms in total. The van der Waals surface area contributed by atoms with Crippen molar-refractivity contribution in [1.29, 1.82) is 0 Å². The molecule has 3 rings (SSSR count). The molecule has 1 aliphatic carbocycles. The van der Waals surface area contributed by atoms with Crippen molar-refractivity contribution < 1.29 is 27.5 Å². The monoisotopic (exact) mass is 488 g/mol. The van der Waals surface area contributed by atoms with Gasteiger partial charge < -0.3 is 14.8 Å². The molecule has 1 amide bonds. The summed E-state index contributed by atoms with van der Waals surface area (Å²) in [5.41, 5.74) is 1.62. The third-order valence-electron chi connectivity index (χ3n) is 5.87. The zero-order valence-corrected chi connectivity index (χ0v) is 20.7. The van der Waals surface area contributed by atoms with Gasteiger partial charge in [0.25, 0.3) is 0 Å². The summed E-state index contributed by atoms with van der Waals surface area (Å²) in [4.78, 5) is 24.8. The van der Waals surface area contributed by atoms with Crippen LogP contribution in [-0.2, 0) is 19.6 Å². The van der Waals surface area contributed by atoms with E-state index < -0.39 is 21.9 Å². The summed E-state index contributed by atoms with van der Waals surface area (Å²) in [5.74, 6) is -0.645. The fourth-order valence-corrected chi connectivity index (χ4v) is 6.02. The van der Waals surface area contributed by atoms with Crippen molar-refractivity contribution in [3.63, 3.8) is 0 Å². The smallest absolute Gasteiger partial charge is 0.338 e. The number of benzene rings is 2. The minimum atomic E-state index is -3.99. The SMILES string of the molecule is CCOC(=O)c1ccc(NC(=O)CN(C2CCCCC2)S(=O)(=O)c2cc(C)ccc2OC)cc1. The quantitative estimate of drug-likeness (QED) is 0.532. The first-order valence-electron chi connectivity index (χ1n) is 11.5. The number of carbonyl (C=O) groups excluding carboxylic acids is 2. The van der Waals surface area contributed by atoms with Crippen molar-refractivity contribution in [2.45, 2.75) is 56.9 Å². The number of anilines is 1. The highest BCUT2D eigenvalue weighted by Crippen LogP contribution is 2.32. The number of esters is 1. The lowest BCUT2D eigenvalue weighted by molar-refractivity contribution is -0.116. The molecule has 0 heterocycles. The van der Waals surface area contributed by atoms with E-state index in [1.165, 1.54) is 11.4 Å². The molecule has 0 bridgehead atoms. The van der Waals surface area contributed by atoms with E-state index in [0.29, 0.717) is 24.1 Å². The van der Waals surface area contributed by atoms with E-state index in [4.69, 9.17) is 9.47 Å². The van der Waals surface area contributed by atoms with E-state index in [1.807, 2.05) is 6.92 Å². The number of nitrogens with zero attached hydrogens (tertiary/aromatic N) is 1. The summed E-state index contributed by atoms with van der Waals surface area (Å²) in [7, 11) is -2.56. The Hall–Kier alpha value is -2.91. The summed E-state index contributed by atoms with van der Waals surface area (Å²) in [6, 6.07) is 11.0. The van der Waals surface area contributed by atoms with Gasteiger partial charge in [-0.1, -0.05) is 25.3 Å². The first-order valence-corrected chi connectivity index (χ1v) is 12.9. The Balaban J connectivity index is 1.83. The summed E-state index contributed by atoms with van der Waals surface area (Å²) in [6.45, 7) is 3.50. The summed E-state index contributed by atoms with van der Waals surface area (Å²) < 4.78 is 39.1. The second-order valence-electron chi connectivity index (χ2n) is 8.34. The van der Waals surface area contributed by atoms with Crippen LogP contribution in [0.3, 0.4) is 0 Å². The zero-order chi connectivity index (χ0) is 24.7. The van der Waals surface area contributed by atoms with Gasteiger partial charge in [0.2, 0.25) is 15.9 Å². The Morgan fingerprint density at radius 1 is 1.06 bits per heavy atom. The van der Waals surface area contributed by atoms with E-state index in [-0.39, 0.29) is 29.8 Å². The van der Waals surface area contributed by atoms with Crippen LogP contribution in [0.1, 0.15) is 54.9 Å². The van der Waals surface area contributed by atoms with Crippen molar-refractivity contribution in [3.05, 3.63) is 53.6 Å². The molecule has 2 aromatic carbocycles. The Morgan fingerprint density at radius 2 is 1.74 bits per heavy atom. The maximum Gasteiger partial charge on any atom is 0.338 e. The van der Waals surface area contributed by atoms with E-state index >= 15 is 0 Å². The maximum atomic E-state index is 13.7. The van der Waals surface area contributed by atoms with Crippen LogP contribution >= 0.6 is 0 Å². The van der Waals surface area contributed by atoms with Gasteiger partial charge in [0, 0.05) is 11.7 Å². The highest BCUT2D eigenvalue weighted by molar-refractivity contribution is 7.89. The lowest BCUT2D eigenvalue weighted by Gasteiger charge is -2.33. The number of ether oxygens (including phenoxy) is 2. The lowest BCUT2D eigenvalue weighted by Crippen LogP contribution is -2.45. The lowest BCUT2D eigenvalue weighted by atomic mass is 9.95. The van der Waals surface area contributed by atoms with Gasteiger partial charge in [-0.3, -0.25) is 4.79 Å². The number of amides is 1. The fraction of sp³-hybridized carbons (Fsp3) is 0.440. The molecule has 0 unspecified atom stereocenters. The minimum absolute atomic E-state index is 0.0622. The van der Waals surface area contributed by atoms with Crippen LogP contribution in [0.25, 0.3) is 0 Å². The number of methoxy groups -OCH3 is 1. The van der Waals surface area contributed by atoms with Crippen LogP contribution < -0.4 is 10.1 Å². The second kappa shape index (κ2) is 11.5. The summed E-state index contributed by atoms with van der Waals surface area (Å²) in [5, 5.41) is 2.74. The third kappa shape index (κ3) is 6.15. The standard InChI is InChI=1S/C25H32N2O6S/c1-4-33-25(29)19-11-13-20(14-12-19)26-24(28)17-27(21-8-6-5-7-9-21)34(30,31)23-16-18(2)10-15-22(23)32-3/h10-16,21H,4-9,17H2,1-3H3,(H,26,28). The van der Waals surface area contributed by atoms with Crippen LogP contribution in [0.5, 0.6) is 5.75 Å². The Kier molecular flexibility index (Phi) is 8.68. The molecule has 184 valence electrons. The van der Waals surface area contributed by atoms with Gasteiger partial charge >= 0.3 is 5.97 Å². The van der Waals surface area contributed by atoms with Gasteiger partial charge in [-0.2, -0.15) is 4.31 Å². The summed E-state index contributed by atoms with van der Waals surface area (Å²) >= 11 is 0. The second-order valence-corrected chi connectivity index (χ2v) is 10.2. The van der Waals surface area contributed by atoms with E-state index in [0.717, 1.165) is 24.8 Å². The number of nitrogens with one attached hydrogen (secondary N) is 1.